The van der Waals surface area contributed by atoms with E-state index in [4.69, 9.17) is 9.47 Å². The standard InChI is InChI=1S/C8H14O2/c1-9-7-5-8-4-2-3-6-10-8/h4H,2-3,5-7H2,1H3. The largest absolute Gasteiger partial charge is 0.498 e. The van der Waals surface area contributed by atoms with Gasteiger partial charge in [-0.3, -0.25) is 0 Å². The van der Waals surface area contributed by atoms with Gasteiger partial charge < -0.3 is 9.47 Å². The van der Waals surface area contributed by atoms with Crippen molar-refractivity contribution in [1.29, 1.82) is 0 Å². The first kappa shape index (κ1) is 7.61. The maximum Gasteiger partial charge on any atom is 0.0942 e. The molecule has 0 saturated heterocycles. The molecule has 0 aromatic rings. The highest BCUT2D eigenvalue weighted by Gasteiger charge is 2.02. The zero-order valence-electron chi connectivity index (χ0n) is 6.43. The van der Waals surface area contributed by atoms with Crippen LogP contribution >= 0.6 is 0 Å². The summed E-state index contributed by atoms with van der Waals surface area (Å²) in [6, 6.07) is 0. The van der Waals surface area contributed by atoms with Crippen LogP contribution in [0.15, 0.2) is 11.8 Å². The van der Waals surface area contributed by atoms with Crippen LogP contribution in [-0.4, -0.2) is 20.3 Å². The summed E-state index contributed by atoms with van der Waals surface area (Å²) in [5.41, 5.74) is 0. The highest BCUT2D eigenvalue weighted by molar-refractivity contribution is 4.95. The van der Waals surface area contributed by atoms with Gasteiger partial charge in [0.2, 0.25) is 0 Å². The average Bonchev–Trinajstić information content (AvgIpc) is 2.03. The minimum atomic E-state index is 0.770. The normalized spacial score (nSPS) is 17.9. The van der Waals surface area contributed by atoms with E-state index in [9.17, 15) is 0 Å². The van der Waals surface area contributed by atoms with E-state index in [1.807, 2.05) is 0 Å². The van der Waals surface area contributed by atoms with Gasteiger partial charge in [0.25, 0.3) is 0 Å². The molecule has 0 fully saturated rings. The van der Waals surface area contributed by atoms with Crippen LogP contribution in [0.1, 0.15) is 19.3 Å². The summed E-state index contributed by atoms with van der Waals surface area (Å²) in [6.45, 7) is 1.65. The Hall–Kier alpha value is -0.500. The first-order chi connectivity index (χ1) is 4.93. The molecule has 0 radical (unpaired) electrons. The van der Waals surface area contributed by atoms with E-state index in [1.54, 1.807) is 7.11 Å². The Morgan fingerprint density at radius 2 is 2.60 bits per heavy atom. The number of allylic oxidation sites excluding steroid dienone is 1. The quantitative estimate of drug-likeness (QED) is 0.597. The van der Waals surface area contributed by atoms with Crippen LogP contribution in [-0.2, 0) is 9.47 Å². The molecule has 0 saturated carbocycles. The van der Waals surface area contributed by atoms with Crippen LogP contribution < -0.4 is 0 Å². The highest BCUT2D eigenvalue weighted by atomic mass is 16.5. The van der Waals surface area contributed by atoms with Crippen molar-refractivity contribution in [2.24, 2.45) is 0 Å². The van der Waals surface area contributed by atoms with E-state index in [0.29, 0.717) is 0 Å². The number of hydrogen-bond acceptors (Lipinski definition) is 2. The second-order valence-electron chi connectivity index (χ2n) is 2.40. The Labute approximate surface area is 61.8 Å². The summed E-state index contributed by atoms with van der Waals surface area (Å²) >= 11 is 0. The zero-order valence-corrected chi connectivity index (χ0v) is 6.43. The molecular weight excluding hydrogens is 128 g/mol. The lowest BCUT2D eigenvalue weighted by atomic mass is 10.2. The van der Waals surface area contributed by atoms with Gasteiger partial charge in [-0.25, -0.2) is 0 Å². The molecule has 10 heavy (non-hydrogen) atoms. The Morgan fingerprint density at radius 1 is 1.70 bits per heavy atom. The second kappa shape index (κ2) is 4.34. The lowest BCUT2D eigenvalue weighted by Gasteiger charge is -2.13. The third-order valence-electron chi connectivity index (χ3n) is 1.56. The molecular formula is C8H14O2. The molecule has 58 valence electrons. The summed E-state index contributed by atoms with van der Waals surface area (Å²) < 4.78 is 10.3. The molecule has 2 nitrogen and oxygen atoms in total. The Morgan fingerprint density at radius 3 is 3.20 bits per heavy atom. The monoisotopic (exact) mass is 142 g/mol. The van der Waals surface area contributed by atoms with Gasteiger partial charge >= 0.3 is 0 Å². The van der Waals surface area contributed by atoms with Crippen LogP contribution in [0.5, 0.6) is 0 Å². The van der Waals surface area contributed by atoms with Gasteiger partial charge in [-0.05, 0) is 18.9 Å². The van der Waals surface area contributed by atoms with E-state index in [2.05, 4.69) is 6.08 Å². The molecule has 0 aromatic heterocycles. The Balaban J connectivity index is 2.18. The molecule has 0 spiro atoms. The maximum absolute atomic E-state index is 5.36. The second-order valence-corrected chi connectivity index (χ2v) is 2.40. The van der Waals surface area contributed by atoms with Crippen molar-refractivity contribution < 1.29 is 9.47 Å². The van der Waals surface area contributed by atoms with Crippen molar-refractivity contribution in [3.8, 4) is 0 Å². The van der Waals surface area contributed by atoms with Crippen molar-refractivity contribution >= 4 is 0 Å². The predicted octanol–water partition coefficient (Wildman–Crippen LogP) is 1.72. The fourth-order valence-electron chi connectivity index (χ4n) is 0.985. The van der Waals surface area contributed by atoms with Crippen LogP contribution in [0, 0.1) is 0 Å². The van der Waals surface area contributed by atoms with Gasteiger partial charge in [-0.1, -0.05) is 0 Å². The smallest absolute Gasteiger partial charge is 0.0942 e. The predicted molar refractivity (Wildman–Crippen MR) is 39.8 cm³/mol. The number of rotatable bonds is 3. The molecule has 1 aliphatic heterocycles. The zero-order chi connectivity index (χ0) is 7.23. The molecule has 0 bridgehead atoms. The number of methoxy groups -OCH3 is 1. The van der Waals surface area contributed by atoms with Gasteiger partial charge in [0, 0.05) is 13.5 Å². The van der Waals surface area contributed by atoms with Crippen LogP contribution in [0.25, 0.3) is 0 Å². The summed E-state index contributed by atoms with van der Waals surface area (Å²) in [6.07, 6.45) is 5.41. The van der Waals surface area contributed by atoms with Gasteiger partial charge in [0.05, 0.1) is 19.0 Å². The first-order valence-corrected chi connectivity index (χ1v) is 3.74. The maximum atomic E-state index is 5.36. The minimum absolute atomic E-state index is 0.770. The van der Waals surface area contributed by atoms with Gasteiger partial charge in [0.1, 0.15) is 0 Å². The van der Waals surface area contributed by atoms with E-state index in [1.165, 1.54) is 6.42 Å². The highest BCUT2D eigenvalue weighted by Crippen LogP contribution is 2.12. The molecule has 0 aliphatic carbocycles. The van der Waals surface area contributed by atoms with Crippen molar-refractivity contribution in [3.05, 3.63) is 11.8 Å². The molecule has 0 aromatic carbocycles. The molecule has 2 heteroatoms. The lowest BCUT2D eigenvalue weighted by Crippen LogP contribution is -2.03. The van der Waals surface area contributed by atoms with Crippen molar-refractivity contribution in [1.82, 2.24) is 0 Å². The lowest BCUT2D eigenvalue weighted by molar-refractivity contribution is 0.146. The Kier molecular flexibility index (Phi) is 3.30. The van der Waals surface area contributed by atoms with Crippen molar-refractivity contribution in [2.45, 2.75) is 19.3 Å². The molecule has 0 N–H and O–H groups in total. The van der Waals surface area contributed by atoms with E-state index in [-0.39, 0.29) is 0 Å². The van der Waals surface area contributed by atoms with Crippen molar-refractivity contribution in [2.75, 3.05) is 20.3 Å². The van der Waals surface area contributed by atoms with Gasteiger partial charge in [0.15, 0.2) is 0 Å². The van der Waals surface area contributed by atoms with Crippen LogP contribution in [0.4, 0.5) is 0 Å². The summed E-state index contributed by atoms with van der Waals surface area (Å²) in [7, 11) is 1.71. The fraction of sp³-hybridized carbons (Fsp3) is 0.750. The topological polar surface area (TPSA) is 18.5 Å². The Bertz CT molecular complexity index is 118. The molecule has 0 unspecified atom stereocenters. The number of ether oxygens (including phenoxy) is 2. The van der Waals surface area contributed by atoms with Gasteiger partial charge in [-0.2, -0.15) is 0 Å². The summed E-state index contributed by atoms with van der Waals surface area (Å²) in [4.78, 5) is 0. The molecule has 1 aliphatic rings. The van der Waals surface area contributed by atoms with Gasteiger partial charge in [-0.15, -0.1) is 0 Å². The molecule has 1 heterocycles. The first-order valence-electron chi connectivity index (χ1n) is 3.74. The van der Waals surface area contributed by atoms with Crippen LogP contribution in [0.2, 0.25) is 0 Å². The van der Waals surface area contributed by atoms with E-state index < -0.39 is 0 Å². The molecule has 0 atom stereocenters. The average molecular weight is 142 g/mol. The van der Waals surface area contributed by atoms with E-state index in [0.717, 1.165) is 31.8 Å². The third kappa shape index (κ3) is 2.40. The third-order valence-corrected chi connectivity index (χ3v) is 1.56. The van der Waals surface area contributed by atoms with E-state index >= 15 is 0 Å². The SMILES string of the molecule is COCCC1=CCCCO1. The summed E-state index contributed by atoms with van der Waals surface area (Å²) in [5, 5.41) is 0. The number of hydrogen-bond donors (Lipinski definition) is 0. The summed E-state index contributed by atoms with van der Waals surface area (Å²) in [5.74, 6) is 1.10. The minimum Gasteiger partial charge on any atom is -0.498 e. The van der Waals surface area contributed by atoms with Crippen molar-refractivity contribution in [3.63, 3.8) is 0 Å². The molecule has 1 rings (SSSR count). The fourth-order valence-corrected chi connectivity index (χ4v) is 0.985. The molecule has 0 amide bonds. The van der Waals surface area contributed by atoms with Crippen LogP contribution in [0.3, 0.4) is 0 Å².